The van der Waals surface area contributed by atoms with Crippen LogP contribution in [0.4, 0.5) is 5.13 Å². The van der Waals surface area contributed by atoms with Gasteiger partial charge >= 0.3 is 0 Å². The molecule has 0 unspecified atom stereocenters. The van der Waals surface area contributed by atoms with Crippen molar-refractivity contribution in [1.29, 1.82) is 0 Å². The monoisotopic (exact) mass is 430 g/mol. The van der Waals surface area contributed by atoms with Gasteiger partial charge in [0.25, 0.3) is 5.91 Å². The highest BCUT2D eigenvalue weighted by Gasteiger charge is 2.31. The first-order chi connectivity index (χ1) is 13.8. The van der Waals surface area contributed by atoms with Crippen molar-refractivity contribution in [2.45, 2.75) is 32.1 Å². The number of thiazole rings is 1. The Bertz CT molecular complexity index is 1120. The van der Waals surface area contributed by atoms with E-state index in [4.69, 9.17) is 0 Å². The minimum Gasteiger partial charge on any atom is -0.324 e. The molecule has 0 saturated heterocycles. The Kier molecular flexibility index (Phi) is 5.28. The summed E-state index contributed by atoms with van der Waals surface area (Å²) in [6.45, 7) is 4.11. The molecule has 152 valence electrons. The molecule has 3 heterocycles. The first-order valence-electron chi connectivity index (χ1n) is 9.37. The third kappa shape index (κ3) is 3.98. The maximum absolute atomic E-state index is 12.6. The SMILES string of the molecule is CC(C)S(=O)(=O)N1CCc2nc(NC(=O)c3ccc(-n4cccc4)cc3)sc2C1. The molecule has 0 bridgehead atoms. The standard InChI is InChI=1S/C20H22N4O3S2/c1-14(2)29(26,27)24-12-9-17-18(13-24)28-20(21-17)22-19(25)15-5-7-16(8-6-15)23-10-3-4-11-23/h3-8,10-11,14H,9,12-13H2,1-2H3,(H,21,22,25). The van der Waals surface area contributed by atoms with E-state index in [-0.39, 0.29) is 5.91 Å². The smallest absolute Gasteiger partial charge is 0.257 e. The summed E-state index contributed by atoms with van der Waals surface area (Å²) >= 11 is 1.34. The van der Waals surface area contributed by atoms with E-state index in [1.807, 2.05) is 41.2 Å². The Hall–Kier alpha value is -2.49. The average Bonchev–Trinajstić information content (AvgIpc) is 3.36. The lowest BCUT2D eigenvalue weighted by Gasteiger charge is -2.26. The summed E-state index contributed by atoms with van der Waals surface area (Å²) in [4.78, 5) is 18.0. The van der Waals surface area contributed by atoms with Crippen molar-refractivity contribution in [3.8, 4) is 5.69 Å². The summed E-state index contributed by atoms with van der Waals surface area (Å²) in [6, 6.07) is 11.2. The zero-order chi connectivity index (χ0) is 20.6. The largest absolute Gasteiger partial charge is 0.324 e. The second-order valence-corrected chi connectivity index (χ2v) is 10.7. The molecular formula is C20H22N4O3S2. The Labute approximate surface area is 174 Å². The maximum Gasteiger partial charge on any atom is 0.257 e. The molecule has 0 saturated carbocycles. The molecule has 0 fully saturated rings. The van der Waals surface area contributed by atoms with Crippen LogP contribution in [0.25, 0.3) is 5.69 Å². The minimum absolute atomic E-state index is 0.234. The van der Waals surface area contributed by atoms with Crippen molar-refractivity contribution in [2.75, 3.05) is 11.9 Å². The Morgan fingerprint density at radius 1 is 1.17 bits per heavy atom. The molecule has 0 atom stereocenters. The van der Waals surface area contributed by atoms with Crippen LogP contribution in [-0.2, 0) is 23.0 Å². The van der Waals surface area contributed by atoms with Gasteiger partial charge in [-0.2, -0.15) is 4.31 Å². The first-order valence-corrected chi connectivity index (χ1v) is 11.7. The second-order valence-electron chi connectivity index (χ2n) is 7.16. The van der Waals surface area contributed by atoms with E-state index in [0.29, 0.717) is 30.2 Å². The number of nitrogens with zero attached hydrogens (tertiary/aromatic N) is 3. The van der Waals surface area contributed by atoms with Gasteiger partial charge in [0.2, 0.25) is 10.0 Å². The van der Waals surface area contributed by atoms with E-state index < -0.39 is 15.3 Å². The van der Waals surface area contributed by atoms with Gasteiger partial charge in [-0.3, -0.25) is 10.1 Å². The van der Waals surface area contributed by atoms with Crippen molar-refractivity contribution in [1.82, 2.24) is 13.9 Å². The van der Waals surface area contributed by atoms with Gasteiger partial charge in [-0.05, 0) is 50.2 Å². The van der Waals surface area contributed by atoms with Crippen molar-refractivity contribution < 1.29 is 13.2 Å². The maximum atomic E-state index is 12.6. The molecule has 7 nitrogen and oxygen atoms in total. The van der Waals surface area contributed by atoms with Crippen LogP contribution in [0.1, 0.15) is 34.8 Å². The quantitative estimate of drug-likeness (QED) is 0.673. The van der Waals surface area contributed by atoms with Crippen LogP contribution in [0.2, 0.25) is 0 Å². The van der Waals surface area contributed by atoms with Gasteiger partial charge in [0.1, 0.15) is 0 Å². The minimum atomic E-state index is -3.30. The van der Waals surface area contributed by atoms with Gasteiger partial charge < -0.3 is 4.57 Å². The zero-order valence-corrected chi connectivity index (χ0v) is 17.8. The van der Waals surface area contributed by atoms with Crippen LogP contribution < -0.4 is 5.32 Å². The number of hydrogen-bond donors (Lipinski definition) is 1. The predicted octanol–water partition coefficient (Wildman–Crippen LogP) is 3.28. The van der Waals surface area contributed by atoms with Gasteiger partial charge in [-0.25, -0.2) is 13.4 Å². The average molecular weight is 431 g/mol. The van der Waals surface area contributed by atoms with E-state index in [2.05, 4.69) is 10.3 Å². The summed E-state index contributed by atoms with van der Waals surface area (Å²) in [6.07, 6.45) is 4.44. The van der Waals surface area contributed by atoms with E-state index in [0.717, 1.165) is 16.3 Å². The number of amides is 1. The van der Waals surface area contributed by atoms with E-state index in [1.165, 1.54) is 15.6 Å². The molecule has 9 heteroatoms. The molecule has 4 rings (SSSR count). The highest BCUT2D eigenvalue weighted by atomic mass is 32.2. The van der Waals surface area contributed by atoms with Gasteiger partial charge in [0.15, 0.2) is 5.13 Å². The third-order valence-electron chi connectivity index (χ3n) is 4.90. The normalized spacial score (nSPS) is 14.7. The van der Waals surface area contributed by atoms with Crippen molar-refractivity contribution in [3.05, 3.63) is 64.9 Å². The van der Waals surface area contributed by atoms with Crippen LogP contribution in [0.3, 0.4) is 0 Å². The Morgan fingerprint density at radius 3 is 2.52 bits per heavy atom. The Balaban J connectivity index is 1.46. The number of carbonyl (C=O) groups is 1. The second kappa shape index (κ2) is 7.74. The van der Waals surface area contributed by atoms with Crippen LogP contribution in [0.15, 0.2) is 48.8 Å². The molecule has 1 amide bonds. The number of hydrogen-bond acceptors (Lipinski definition) is 5. The number of nitrogens with one attached hydrogen (secondary N) is 1. The molecule has 3 aromatic rings. The number of sulfonamides is 1. The highest BCUT2D eigenvalue weighted by Crippen LogP contribution is 2.30. The number of benzene rings is 1. The lowest BCUT2D eigenvalue weighted by atomic mass is 10.2. The molecule has 0 aliphatic carbocycles. The van der Waals surface area contributed by atoms with Crippen LogP contribution in [-0.4, -0.2) is 40.0 Å². The fourth-order valence-corrected chi connectivity index (χ4v) is 5.55. The Morgan fingerprint density at radius 2 is 1.86 bits per heavy atom. The van der Waals surface area contributed by atoms with Crippen LogP contribution >= 0.6 is 11.3 Å². The summed E-state index contributed by atoms with van der Waals surface area (Å²) in [5, 5.41) is 2.89. The molecule has 29 heavy (non-hydrogen) atoms. The van der Waals surface area contributed by atoms with Crippen LogP contribution in [0.5, 0.6) is 0 Å². The molecule has 1 N–H and O–H groups in total. The topological polar surface area (TPSA) is 84.3 Å². The van der Waals surface area contributed by atoms with Gasteiger partial charge in [0, 0.05) is 48.0 Å². The van der Waals surface area contributed by atoms with E-state index in [1.54, 1.807) is 26.0 Å². The van der Waals surface area contributed by atoms with Crippen molar-refractivity contribution >= 4 is 32.4 Å². The molecule has 1 aromatic carbocycles. The molecule has 2 aromatic heterocycles. The molecule has 0 radical (unpaired) electrons. The van der Waals surface area contributed by atoms with Crippen LogP contribution in [0, 0.1) is 0 Å². The number of aromatic nitrogens is 2. The first kappa shape index (κ1) is 19.8. The third-order valence-corrected chi connectivity index (χ3v) is 8.13. The predicted molar refractivity (Wildman–Crippen MR) is 114 cm³/mol. The molecule has 1 aliphatic rings. The lowest BCUT2D eigenvalue weighted by molar-refractivity contribution is 0.102. The van der Waals surface area contributed by atoms with E-state index in [9.17, 15) is 13.2 Å². The summed E-state index contributed by atoms with van der Waals surface area (Å²) in [7, 11) is -3.30. The fourth-order valence-electron chi connectivity index (χ4n) is 3.20. The fraction of sp³-hybridized carbons (Fsp3) is 0.300. The van der Waals surface area contributed by atoms with E-state index >= 15 is 0 Å². The van der Waals surface area contributed by atoms with Crippen molar-refractivity contribution in [2.24, 2.45) is 0 Å². The summed E-state index contributed by atoms with van der Waals surface area (Å²) < 4.78 is 28.3. The van der Waals surface area contributed by atoms with Crippen molar-refractivity contribution in [3.63, 3.8) is 0 Å². The number of anilines is 1. The number of carbonyl (C=O) groups excluding carboxylic acids is 1. The highest BCUT2D eigenvalue weighted by molar-refractivity contribution is 7.89. The zero-order valence-electron chi connectivity index (χ0n) is 16.2. The van der Waals surface area contributed by atoms with Gasteiger partial charge in [0.05, 0.1) is 10.9 Å². The molecular weight excluding hydrogens is 408 g/mol. The lowest BCUT2D eigenvalue weighted by Crippen LogP contribution is -2.39. The number of rotatable bonds is 5. The molecule has 0 spiro atoms. The summed E-state index contributed by atoms with van der Waals surface area (Å²) in [5.41, 5.74) is 2.38. The number of fused-ring (bicyclic) bond motifs is 1. The molecule has 1 aliphatic heterocycles. The van der Waals surface area contributed by atoms with Gasteiger partial charge in [-0.15, -0.1) is 11.3 Å². The van der Waals surface area contributed by atoms with Gasteiger partial charge in [-0.1, -0.05) is 0 Å². The summed E-state index contributed by atoms with van der Waals surface area (Å²) in [5.74, 6) is -0.234.